The minimum atomic E-state index is -0.0797. The fourth-order valence-corrected chi connectivity index (χ4v) is 2.19. The molecule has 2 aromatic rings. The lowest BCUT2D eigenvalue weighted by molar-refractivity contribution is 0.104. The minimum absolute atomic E-state index is 0.0797. The molecule has 0 radical (unpaired) electrons. The summed E-state index contributed by atoms with van der Waals surface area (Å²) in [5.74, 6) is 2.03. The summed E-state index contributed by atoms with van der Waals surface area (Å²) < 4.78 is 16.1. The molecule has 0 aliphatic carbocycles. The molecular formula is C20H22O4. The Morgan fingerprint density at radius 1 is 0.958 bits per heavy atom. The van der Waals surface area contributed by atoms with Crippen molar-refractivity contribution in [2.24, 2.45) is 0 Å². The van der Waals surface area contributed by atoms with Crippen LogP contribution in [0.25, 0.3) is 6.08 Å². The lowest BCUT2D eigenvalue weighted by Gasteiger charge is -2.09. The Hall–Kier alpha value is -2.75. The average Bonchev–Trinajstić information content (AvgIpc) is 2.59. The lowest BCUT2D eigenvalue weighted by atomic mass is 10.1. The van der Waals surface area contributed by atoms with Gasteiger partial charge >= 0.3 is 0 Å². The Bertz CT molecular complexity index is 715. The quantitative estimate of drug-likeness (QED) is 0.559. The van der Waals surface area contributed by atoms with Gasteiger partial charge in [0.15, 0.2) is 5.78 Å². The van der Waals surface area contributed by atoms with Crippen LogP contribution in [0, 0.1) is 0 Å². The molecule has 0 aliphatic rings. The molecule has 2 aromatic carbocycles. The van der Waals surface area contributed by atoms with Gasteiger partial charge in [0, 0.05) is 17.2 Å². The van der Waals surface area contributed by atoms with Crippen molar-refractivity contribution >= 4 is 11.9 Å². The van der Waals surface area contributed by atoms with Crippen LogP contribution >= 0.6 is 0 Å². The van der Waals surface area contributed by atoms with Crippen LogP contribution < -0.4 is 14.2 Å². The molecule has 0 amide bonds. The van der Waals surface area contributed by atoms with Crippen LogP contribution in [-0.2, 0) is 0 Å². The van der Waals surface area contributed by atoms with Gasteiger partial charge in [0.1, 0.15) is 17.2 Å². The highest BCUT2D eigenvalue weighted by Crippen LogP contribution is 2.25. The molecule has 0 unspecified atom stereocenters. The molecule has 2 rings (SSSR count). The van der Waals surface area contributed by atoms with Crippen LogP contribution in [0.3, 0.4) is 0 Å². The van der Waals surface area contributed by atoms with E-state index >= 15 is 0 Å². The van der Waals surface area contributed by atoms with Gasteiger partial charge in [0.05, 0.1) is 20.3 Å². The van der Waals surface area contributed by atoms with Crippen molar-refractivity contribution in [3.8, 4) is 17.2 Å². The summed E-state index contributed by atoms with van der Waals surface area (Å²) in [4.78, 5) is 12.3. The Morgan fingerprint density at radius 3 is 2.21 bits per heavy atom. The number of rotatable bonds is 7. The van der Waals surface area contributed by atoms with Gasteiger partial charge < -0.3 is 14.2 Å². The van der Waals surface area contributed by atoms with E-state index in [1.54, 1.807) is 50.6 Å². The molecule has 0 N–H and O–H groups in total. The standard InChI is InChI=1S/C20H22O4/c1-14(2)24-17-9-5-15(6-10-17)19(21)12-8-16-7-11-18(22-3)13-20(16)23-4/h5-14H,1-4H3/b12-8+. The number of methoxy groups -OCH3 is 2. The Kier molecular flexibility index (Phi) is 6.01. The second-order valence-electron chi connectivity index (χ2n) is 5.50. The Balaban J connectivity index is 2.12. The number of hydrogen-bond acceptors (Lipinski definition) is 4. The predicted octanol–water partition coefficient (Wildman–Crippen LogP) is 4.39. The van der Waals surface area contributed by atoms with Gasteiger partial charge in [-0.3, -0.25) is 4.79 Å². The van der Waals surface area contributed by atoms with Crippen LogP contribution in [0.5, 0.6) is 17.2 Å². The van der Waals surface area contributed by atoms with Crippen molar-refractivity contribution < 1.29 is 19.0 Å². The molecule has 0 aliphatic heterocycles. The first-order chi connectivity index (χ1) is 11.5. The van der Waals surface area contributed by atoms with Gasteiger partial charge in [-0.15, -0.1) is 0 Å². The summed E-state index contributed by atoms with van der Waals surface area (Å²) in [7, 11) is 3.18. The van der Waals surface area contributed by atoms with Crippen molar-refractivity contribution in [3.63, 3.8) is 0 Å². The van der Waals surface area contributed by atoms with E-state index in [1.165, 1.54) is 6.08 Å². The number of carbonyl (C=O) groups is 1. The SMILES string of the molecule is COc1ccc(/C=C/C(=O)c2ccc(OC(C)C)cc2)c(OC)c1. The molecule has 0 fully saturated rings. The van der Waals surface area contributed by atoms with Crippen molar-refractivity contribution in [2.75, 3.05) is 14.2 Å². The lowest BCUT2D eigenvalue weighted by Crippen LogP contribution is -2.05. The average molecular weight is 326 g/mol. The summed E-state index contributed by atoms with van der Waals surface area (Å²) in [6, 6.07) is 12.6. The van der Waals surface area contributed by atoms with Gasteiger partial charge in [0.25, 0.3) is 0 Å². The molecule has 126 valence electrons. The number of hydrogen-bond donors (Lipinski definition) is 0. The van der Waals surface area contributed by atoms with Gasteiger partial charge in [-0.2, -0.15) is 0 Å². The molecule has 0 bridgehead atoms. The summed E-state index contributed by atoms with van der Waals surface area (Å²) in [5, 5.41) is 0. The minimum Gasteiger partial charge on any atom is -0.497 e. The Morgan fingerprint density at radius 2 is 1.62 bits per heavy atom. The molecule has 4 nitrogen and oxygen atoms in total. The summed E-state index contributed by atoms with van der Waals surface area (Å²) in [6.07, 6.45) is 3.37. The third-order valence-corrected chi connectivity index (χ3v) is 3.37. The van der Waals surface area contributed by atoms with Crippen LogP contribution in [0.4, 0.5) is 0 Å². The summed E-state index contributed by atoms with van der Waals surface area (Å²) in [6.45, 7) is 3.92. The Labute approximate surface area is 142 Å². The topological polar surface area (TPSA) is 44.8 Å². The van der Waals surface area contributed by atoms with Gasteiger partial charge in [-0.25, -0.2) is 0 Å². The van der Waals surface area contributed by atoms with Crippen molar-refractivity contribution in [3.05, 3.63) is 59.7 Å². The molecule has 0 saturated carbocycles. The van der Waals surface area contributed by atoms with Gasteiger partial charge in [-0.05, 0) is 62.4 Å². The fourth-order valence-electron chi connectivity index (χ4n) is 2.19. The third kappa shape index (κ3) is 4.62. The summed E-state index contributed by atoms with van der Waals surface area (Å²) in [5.41, 5.74) is 1.42. The zero-order valence-electron chi connectivity index (χ0n) is 14.4. The summed E-state index contributed by atoms with van der Waals surface area (Å²) >= 11 is 0. The van der Waals surface area contributed by atoms with E-state index in [0.717, 1.165) is 11.3 Å². The molecule has 0 aromatic heterocycles. The maximum Gasteiger partial charge on any atom is 0.185 e. The van der Waals surface area contributed by atoms with E-state index in [4.69, 9.17) is 14.2 Å². The number of ether oxygens (including phenoxy) is 3. The highest BCUT2D eigenvalue weighted by atomic mass is 16.5. The van der Waals surface area contributed by atoms with Crippen molar-refractivity contribution in [2.45, 2.75) is 20.0 Å². The normalized spacial score (nSPS) is 10.9. The molecule has 4 heteroatoms. The molecule has 0 saturated heterocycles. The van der Waals surface area contributed by atoms with Gasteiger partial charge in [0.2, 0.25) is 0 Å². The number of benzene rings is 2. The van der Waals surface area contributed by atoms with E-state index in [2.05, 4.69) is 0 Å². The number of allylic oxidation sites excluding steroid dienone is 1. The smallest absolute Gasteiger partial charge is 0.185 e. The molecule has 0 spiro atoms. The van der Waals surface area contributed by atoms with Crippen molar-refractivity contribution in [1.29, 1.82) is 0 Å². The number of carbonyl (C=O) groups excluding carboxylic acids is 1. The molecule has 0 heterocycles. The van der Waals surface area contributed by atoms with E-state index in [-0.39, 0.29) is 11.9 Å². The molecule has 24 heavy (non-hydrogen) atoms. The predicted molar refractivity (Wildman–Crippen MR) is 95.1 cm³/mol. The van der Waals surface area contributed by atoms with E-state index < -0.39 is 0 Å². The monoisotopic (exact) mass is 326 g/mol. The largest absolute Gasteiger partial charge is 0.497 e. The molecule has 0 atom stereocenters. The van der Waals surface area contributed by atoms with E-state index in [9.17, 15) is 4.79 Å². The third-order valence-electron chi connectivity index (χ3n) is 3.37. The second kappa shape index (κ2) is 8.20. The number of ketones is 1. The van der Waals surface area contributed by atoms with Gasteiger partial charge in [-0.1, -0.05) is 0 Å². The van der Waals surface area contributed by atoms with Crippen LogP contribution in [0.1, 0.15) is 29.8 Å². The zero-order valence-corrected chi connectivity index (χ0v) is 14.4. The van der Waals surface area contributed by atoms with Crippen LogP contribution in [0.15, 0.2) is 48.5 Å². The highest BCUT2D eigenvalue weighted by molar-refractivity contribution is 6.07. The van der Waals surface area contributed by atoms with Crippen LogP contribution in [0.2, 0.25) is 0 Å². The first-order valence-electron chi connectivity index (χ1n) is 7.74. The highest BCUT2D eigenvalue weighted by Gasteiger charge is 2.06. The van der Waals surface area contributed by atoms with E-state index in [0.29, 0.717) is 17.1 Å². The molecular weight excluding hydrogens is 304 g/mol. The zero-order chi connectivity index (χ0) is 17.5. The fraction of sp³-hybridized carbons (Fsp3) is 0.250. The van der Waals surface area contributed by atoms with Crippen LogP contribution in [-0.4, -0.2) is 26.1 Å². The van der Waals surface area contributed by atoms with E-state index in [1.807, 2.05) is 26.0 Å². The van der Waals surface area contributed by atoms with Crippen molar-refractivity contribution in [1.82, 2.24) is 0 Å². The maximum absolute atomic E-state index is 12.3. The first kappa shape index (κ1) is 17.6. The maximum atomic E-state index is 12.3. The second-order valence-corrected chi connectivity index (χ2v) is 5.50. The first-order valence-corrected chi connectivity index (χ1v) is 7.74.